The van der Waals surface area contributed by atoms with E-state index in [1.165, 1.54) is 44.1 Å². The fourth-order valence-electron chi connectivity index (χ4n) is 1.86. The lowest BCUT2D eigenvalue weighted by atomic mass is 10.1. The highest BCUT2D eigenvalue weighted by Crippen LogP contribution is 2.32. The Morgan fingerprint density at radius 1 is 0.941 bits per heavy atom. The Labute approximate surface area is 126 Å². The lowest BCUT2D eigenvalue weighted by Gasteiger charge is -2.06. The van der Waals surface area contributed by atoms with Crippen molar-refractivity contribution in [1.29, 1.82) is 0 Å². The van der Waals surface area contributed by atoms with Crippen LogP contribution in [0.15, 0.2) is 21.1 Å². The lowest BCUT2D eigenvalue weighted by Crippen LogP contribution is -1.88. The van der Waals surface area contributed by atoms with Crippen LogP contribution >= 0.6 is 43.5 Å². The van der Waals surface area contributed by atoms with Gasteiger partial charge in [-0.3, -0.25) is 0 Å². The van der Waals surface area contributed by atoms with Crippen LogP contribution in [0.2, 0.25) is 5.02 Å². The molecule has 0 N–H and O–H groups in total. The fourth-order valence-corrected chi connectivity index (χ4v) is 3.25. The Kier molecular flexibility index (Phi) is 7.81. The van der Waals surface area contributed by atoms with E-state index < -0.39 is 0 Å². The van der Waals surface area contributed by atoms with Gasteiger partial charge in [0.15, 0.2) is 0 Å². The Morgan fingerprint density at radius 3 is 2.06 bits per heavy atom. The molecule has 96 valence electrons. The van der Waals surface area contributed by atoms with E-state index in [1.54, 1.807) is 0 Å². The summed E-state index contributed by atoms with van der Waals surface area (Å²) in [6.07, 6.45) is 9.17. The van der Waals surface area contributed by atoms with Crippen LogP contribution in [0.5, 0.6) is 0 Å². The molecule has 1 rings (SSSR count). The molecule has 0 amide bonds. The van der Waals surface area contributed by atoms with Crippen molar-refractivity contribution in [3.05, 3.63) is 31.7 Å². The van der Waals surface area contributed by atoms with Gasteiger partial charge < -0.3 is 0 Å². The van der Waals surface area contributed by atoms with Crippen molar-refractivity contribution in [2.75, 3.05) is 0 Å². The molecular weight excluding hydrogens is 363 g/mol. The average molecular weight is 383 g/mol. The monoisotopic (exact) mass is 380 g/mol. The Bertz CT molecular complexity index is 327. The minimum atomic E-state index is 0.761. The van der Waals surface area contributed by atoms with Crippen LogP contribution < -0.4 is 0 Å². The number of benzene rings is 1. The van der Waals surface area contributed by atoms with Crippen LogP contribution in [-0.4, -0.2) is 0 Å². The molecule has 1 aromatic carbocycles. The fraction of sp³-hybridized carbons (Fsp3) is 0.571. The smallest absolute Gasteiger partial charge is 0.0690 e. The predicted molar refractivity (Wildman–Crippen MR) is 83.9 cm³/mol. The van der Waals surface area contributed by atoms with Crippen LogP contribution in [0, 0.1) is 0 Å². The molecule has 0 aliphatic heterocycles. The van der Waals surface area contributed by atoms with Crippen molar-refractivity contribution in [1.82, 2.24) is 0 Å². The third-order valence-corrected chi connectivity index (χ3v) is 4.98. The number of rotatable bonds is 7. The van der Waals surface area contributed by atoms with Crippen LogP contribution in [0.4, 0.5) is 0 Å². The van der Waals surface area contributed by atoms with E-state index in [-0.39, 0.29) is 0 Å². The first-order valence-electron chi connectivity index (χ1n) is 6.28. The molecule has 0 fully saturated rings. The molecular formula is C14H19Br2Cl. The van der Waals surface area contributed by atoms with E-state index in [0.717, 1.165) is 20.4 Å². The first-order chi connectivity index (χ1) is 8.15. The minimum absolute atomic E-state index is 0.761. The quantitative estimate of drug-likeness (QED) is 0.361. The summed E-state index contributed by atoms with van der Waals surface area (Å²) in [4.78, 5) is 0. The second kappa shape index (κ2) is 8.55. The molecule has 0 saturated carbocycles. The number of hydrogen-bond acceptors (Lipinski definition) is 0. The van der Waals surface area contributed by atoms with Gasteiger partial charge >= 0.3 is 0 Å². The van der Waals surface area contributed by atoms with Crippen molar-refractivity contribution >= 4 is 43.5 Å². The Hall–Kier alpha value is 0.470. The molecule has 0 saturated heterocycles. The maximum absolute atomic E-state index is 6.07. The van der Waals surface area contributed by atoms with Gasteiger partial charge in [-0.05, 0) is 62.4 Å². The van der Waals surface area contributed by atoms with Crippen molar-refractivity contribution in [2.24, 2.45) is 0 Å². The van der Waals surface area contributed by atoms with Gasteiger partial charge in [0, 0.05) is 8.95 Å². The Balaban J connectivity index is 2.32. The average Bonchev–Trinajstić information content (AvgIpc) is 2.30. The standard InChI is InChI=1S/C14H19Br2Cl/c1-2-3-4-5-6-7-8-11-9-12(15)14(17)13(16)10-11/h9-10H,2-8H2,1H3. The van der Waals surface area contributed by atoms with Gasteiger partial charge in [0.25, 0.3) is 0 Å². The molecule has 0 nitrogen and oxygen atoms in total. The van der Waals surface area contributed by atoms with Gasteiger partial charge in [-0.1, -0.05) is 50.6 Å². The third kappa shape index (κ3) is 5.76. The van der Waals surface area contributed by atoms with Gasteiger partial charge in [-0.15, -0.1) is 0 Å². The zero-order valence-electron chi connectivity index (χ0n) is 10.2. The number of unbranched alkanes of at least 4 members (excludes halogenated alkanes) is 5. The number of aryl methyl sites for hydroxylation is 1. The van der Waals surface area contributed by atoms with Crippen molar-refractivity contribution in [3.63, 3.8) is 0 Å². The lowest BCUT2D eigenvalue weighted by molar-refractivity contribution is 0.607. The highest BCUT2D eigenvalue weighted by atomic mass is 79.9. The van der Waals surface area contributed by atoms with Gasteiger partial charge in [0.05, 0.1) is 5.02 Å². The molecule has 0 spiro atoms. The van der Waals surface area contributed by atoms with E-state index in [9.17, 15) is 0 Å². The molecule has 0 aliphatic rings. The van der Waals surface area contributed by atoms with Crippen molar-refractivity contribution in [3.8, 4) is 0 Å². The molecule has 0 unspecified atom stereocenters. The third-order valence-electron chi connectivity index (χ3n) is 2.86. The Morgan fingerprint density at radius 2 is 1.47 bits per heavy atom. The first-order valence-corrected chi connectivity index (χ1v) is 8.25. The van der Waals surface area contributed by atoms with Crippen LogP contribution in [0.3, 0.4) is 0 Å². The summed E-state index contributed by atoms with van der Waals surface area (Å²) in [6, 6.07) is 4.25. The van der Waals surface area contributed by atoms with E-state index in [2.05, 4.69) is 50.9 Å². The SMILES string of the molecule is CCCCCCCCc1cc(Br)c(Cl)c(Br)c1. The molecule has 0 atom stereocenters. The topological polar surface area (TPSA) is 0 Å². The first kappa shape index (κ1) is 15.5. The number of halogens is 3. The van der Waals surface area contributed by atoms with Gasteiger partial charge in [-0.25, -0.2) is 0 Å². The van der Waals surface area contributed by atoms with Crippen molar-refractivity contribution < 1.29 is 0 Å². The summed E-state index contributed by atoms with van der Waals surface area (Å²) in [5, 5.41) is 0.761. The van der Waals surface area contributed by atoms with Gasteiger partial charge in [0.1, 0.15) is 0 Å². The summed E-state index contributed by atoms with van der Waals surface area (Å²) in [7, 11) is 0. The molecule has 3 heteroatoms. The summed E-state index contributed by atoms with van der Waals surface area (Å²) in [6.45, 7) is 2.25. The largest absolute Gasteiger partial charge is 0.0819 e. The zero-order valence-corrected chi connectivity index (χ0v) is 14.2. The summed E-state index contributed by atoms with van der Waals surface area (Å²) < 4.78 is 1.96. The van der Waals surface area contributed by atoms with Crippen molar-refractivity contribution in [2.45, 2.75) is 51.9 Å². The molecule has 0 heterocycles. The highest BCUT2D eigenvalue weighted by molar-refractivity contribution is 9.11. The normalized spacial score (nSPS) is 10.8. The summed E-state index contributed by atoms with van der Waals surface area (Å²) in [5.41, 5.74) is 1.35. The van der Waals surface area contributed by atoms with Crippen LogP contribution in [0.25, 0.3) is 0 Å². The number of hydrogen-bond donors (Lipinski definition) is 0. The van der Waals surface area contributed by atoms with E-state index in [4.69, 9.17) is 11.6 Å². The molecule has 0 aromatic heterocycles. The predicted octanol–water partition coefficient (Wildman–Crippen LogP) is 6.77. The molecule has 0 aliphatic carbocycles. The van der Waals surface area contributed by atoms with Crippen LogP contribution in [-0.2, 0) is 6.42 Å². The molecule has 1 aromatic rings. The van der Waals surface area contributed by atoms with E-state index in [0.29, 0.717) is 0 Å². The van der Waals surface area contributed by atoms with E-state index >= 15 is 0 Å². The zero-order chi connectivity index (χ0) is 12.7. The van der Waals surface area contributed by atoms with Gasteiger partial charge in [-0.2, -0.15) is 0 Å². The summed E-state index contributed by atoms with van der Waals surface area (Å²) >= 11 is 13.0. The van der Waals surface area contributed by atoms with Gasteiger partial charge in [0.2, 0.25) is 0 Å². The maximum atomic E-state index is 6.07. The second-order valence-electron chi connectivity index (χ2n) is 4.39. The molecule has 0 bridgehead atoms. The second-order valence-corrected chi connectivity index (χ2v) is 6.48. The summed E-state index contributed by atoms with van der Waals surface area (Å²) in [5.74, 6) is 0. The maximum Gasteiger partial charge on any atom is 0.0690 e. The van der Waals surface area contributed by atoms with Crippen LogP contribution in [0.1, 0.15) is 51.0 Å². The molecule has 0 radical (unpaired) electrons. The highest BCUT2D eigenvalue weighted by Gasteiger charge is 2.04. The molecule has 17 heavy (non-hydrogen) atoms. The minimum Gasteiger partial charge on any atom is -0.0819 e. The van der Waals surface area contributed by atoms with E-state index in [1.807, 2.05) is 0 Å².